The van der Waals surface area contributed by atoms with Crippen LogP contribution in [0.1, 0.15) is 25.0 Å². The molecule has 76 valence electrons. The molecule has 2 aromatic carbocycles. The second-order valence-electron chi connectivity index (χ2n) is 3.29. The molecule has 0 spiro atoms. The van der Waals surface area contributed by atoms with Crippen molar-refractivity contribution in [1.82, 2.24) is 0 Å². The topological polar surface area (TPSA) is 0 Å². The van der Waals surface area contributed by atoms with E-state index in [4.69, 9.17) is 0 Å². The number of hydrogen-bond acceptors (Lipinski definition) is 0. The molecule has 2 rings (SSSR count). The van der Waals surface area contributed by atoms with Crippen LogP contribution >= 0.6 is 0 Å². The summed E-state index contributed by atoms with van der Waals surface area (Å²) in [7, 11) is 0. The molecule has 0 aliphatic rings. The Labute approximate surface area is 123 Å². The van der Waals surface area contributed by atoms with E-state index in [0.717, 1.165) is 12.8 Å². The summed E-state index contributed by atoms with van der Waals surface area (Å²) in [4.78, 5) is 0. The van der Waals surface area contributed by atoms with Gasteiger partial charge in [0.1, 0.15) is 0 Å². The van der Waals surface area contributed by atoms with Crippen LogP contribution in [-0.4, -0.2) is 37.7 Å². The van der Waals surface area contributed by atoms with Crippen LogP contribution in [0, 0.1) is 0 Å². The Bertz CT molecular complexity index is 269. The average molecular weight is 226 g/mol. The summed E-state index contributed by atoms with van der Waals surface area (Å²) >= 11 is 0. The molecule has 0 N–H and O–H groups in total. The zero-order valence-electron chi connectivity index (χ0n) is 9.74. The van der Waals surface area contributed by atoms with Crippen molar-refractivity contribution in [2.45, 2.75) is 26.7 Å². The molecule has 1 heteroatoms. The van der Waals surface area contributed by atoms with E-state index in [9.17, 15) is 0 Å². The van der Waals surface area contributed by atoms with E-state index in [-0.39, 0.29) is 37.7 Å². The normalized spacial score (nSPS) is 8.67. The first-order valence-electron chi connectivity index (χ1n) is 5.28. The minimum Gasteiger partial charge on any atom is -0.213 e. The summed E-state index contributed by atoms with van der Waals surface area (Å²) in [6, 6.07) is 16.8. The van der Waals surface area contributed by atoms with E-state index in [0.29, 0.717) is 0 Å². The summed E-state index contributed by atoms with van der Waals surface area (Å²) in [6.07, 6.45) is 2.32. The third kappa shape index (κ3) is 6.19. The van der Waals surface area contributed by atoms with Gasteiger partial charge in [-0.3, -0.25) is 0 Å². The SMILES string of the molecule is CC[c-]1cccc1.CC[c-]1cccc1.[Ca+2]. The van der Waals surface area contributed by atoms with Crippen molar-refractivity contribution in [1.29, 1.82) is 0 Å². The van der Waals surface area contributed by atoms with E-state index in [2.05, 4.69) is 62.4 Å². The van der Waals surface area contributed by atoms with Gasteiger partial charge in [-0.2, -0.15) is 35.4 Å². The quantitative estimate of drug-likeness (QED) is 0.542. The molecule has 0 unspecified atom stereocenters. The molecule has 2 aromatic rings. The van der Waals surface area contributed by atoms with E-state index >= 15 is 0 Å². The molecule has 0 saturated heterocycles. The Kier molecular flexibility index (Phi) is 9.18. The molecular formula is C14H18Ca. The number of hydrogen-bond donors (Lipinski definition) is 0. The summed E-state index contributed by atoms with van der Waals surface area (Å²) in [5.74, 6) is 0. The first-order valence-corrected chi connectivity index (χ1v) is 5.28. The zero-order valence-corrected chi connectivity index (χ0v) is 11.9. The molecule has 0 aromatic heterocycles. The predicted molar refractivity (Wildman–Crippen MR) is 68.6 cm³/mol. The van der Waals surface area contributed by atoms with Crippen molar-refractivity contribution in [3.05, 3.63) is 59.7 Å². The minimum atomic E-state index is 0. The summed E-state index contributed by atoms with van der Waals surface area (Å²) in [5, 5.41) is 0. The van der Waals surface area contributed by atoms with Gasteiger partial charge in [0.05, 0.1) is 0 Å². The van der Waals surface area contributed by atoms with Crippen LogP contribution in [0.2, 0.25) is 0 Å². The van der Waals surface area contributed by atoms with E-state index in [1.165, 1.54) is 11.1 Å². The van der Waals surface area contributed by atoms with Crippen LogP contribution in [0.25, 0.3) is 0 Å². The predicted octanol–water partition coefficient (Wildman–Crippen LogP) is 3.56. The van der Waals surface area contributed by atoms with Gasteiger partial charge in [-0.15, -0.1) is 0 Å². The van der Waals surface area contributed by atoms with Crippen molar-refractivity contribution in [2.24, 2.45) is 0 Å². The van der Waals surface area contributed by atoms with Crippen molar-refractivity contribution in [3.8, 4) is 0 Å². The standard InChI is InChI=1S/2C7H9.Ca/c2*1-2-7-5-3-4-6-7;/h2*3-6H,2H2,1H3;/q2*-1;+2. The molecule has 0 saturated carbocycles. The van der Waals surface area contributed by atoms with Gasteiger partial charge in [-0.1, -0.05) is 26.7 Å². The fraction of sp³-hybridized carbons (Fsp3) is 0.286. The molecule has 15 heavy (non-hydrogen) atoms. The van der Waals surface area contributed by atoms with E-state index in [1.54, 1.807) is 0 Å². The van der Waals surface area contributed by atoms with E-state index < -0.39 is 0 Å². The smallest absolute Gasteiger partial charge is 0.213 e. The Balaban J connectivity index is 0.000000245. The molecule has 0 nitrogen and oxygen atoms in total. The largest absolute Gasteiger partial charge is 2.00 e. The van der Waals surface area contributed by atoms with Gasteiger partial charge < -0.3 is 0 Å². The molecule has 0 bridgehead atoms. The van der Waals surface area contributed by atoms with E-state index in [1.807, 2.05) is 0 Å². The maximum absolute atomic E-state index is 2.16. The Morgan fingerprint density at radius 2 is 0.933 bits per heavy atom. The van der Waals surface area contributed by atoms with Gasteiger partial charge in [0.15, 0.2) is 0 Å². The van der Waals surface area contributed by atoms with Gasteiger partial charge >= 0.3 is 37.7 Å². The number of aryl methyl sites for hydroxylation is 2. The van der Waals surface area contributed by atoms with Crippen LogP contribution in [0.3, 0.4) is 0 Å². The van der Waals surface area contributed by atoms with Gasteiger partial charge in [-0.05, 0) is 0 Å². The first-order chi connectivity index (χ1) is 6.86. The monoisotopic (exact) mass is 226 g/mol. The fourth-order valence-electron chi connectivity index (χ4n) is 1.30. The van der Waals surface area contributed by atoms with Crippen LogP contribution in [-0.2, 0) is 12.8 Å². The van der Waals surface area contributed by atoms with Gasteiger partial charge in [0.25, 0.3) is 0 Å². The molecule has 0 aliphatic heterocycles. The van der Waals surface area contributed by atoms with Crippen LogP contribution in [0.15, 0.2) is 48.5 Å². The summed E-state index contributed by atoms with van der Waals surface area (Å²) in [5.41, 5.74) is 2.86. The Morgan fingerprint density at radius 3 is 1.07 bits per heavy atom. The fourth-order valence-corrected chi connectivity index (χ4v) is 1.30. The molecule has 0 amide bonds. The van der Waals surface area contributed by atoms with Crippen LogP contribution in [0.4, 0.5) is 0 Å². The summed E-state index contributed by atoms with van der Waals surface area (Å²) < 4.78 is 0. The van der Waals surface area contributed by atoms with Gasteiger partial charge in [0.2, 0.25) is 0 Å². The van der Waals surface area contributed by atoms with Crippen molar-refractivity contribution in [2.75, 3.05) is 0 Å². The third-order valence-corrected chi connectivity index (χ3v) is 2.28. The van der Waals surface area contributed by atoms with Crippen LogP contribution in [0.5, 0.6) is 0 Å². The van der Waals surface area contributed by atoms with Crippen LogP contribution < -0.4 is 0 Å². The molecule has 0 aliphatic carbocycles. The zero-order chi connectivity index (χ0) is 10.2. The average Bonchev–Trinajstić information content (AvgIpc) is 2.92. The molecule has 0 radical (unpaired) electrons. The van der Waals surface area contributed by atoms with Crippen molar-refractivity contribution < 1.29 is 0 Å². The maximum atomic E-state index is 2.16. The van der Waals surface area contributed by atoms with Crippen molar-refractivity contribution in [3.63, 3.8) is 0 Å². The molecule has 0 atom stereocenters. The third-order valence-electron chi connectivity index (χ3n) is 2.28. The number of rotatable bonds is 2. The second kappa shape index (κ2) is 9.20. The second-order valence-corrected chi connectivity index (χ2v) is 3.29. The molecule has 0 heterocycles. The summed E-state index contributed by atoms with van der Waals surface area (Å²) in [6.45, 7) is 4.32. The van der Waals surface area contributed by atoms with Gasteiger partial charge in [-0.25, -0.2) is 24.3 Å². The molecular weight excluding hydrogens is 208 g/mol. The Morgan fingerprint density at radius 1 is 0.667 bits per heavy atom. The van der Waals surface area contributed by atoms with Gasteiger partial charge in [0, 0.05) is 0 Å². The first kappa shape index (κ1) is 15.0. The Hall–Kier alpha value is -0.0403. The maximum Gasteiger partial charge on any atom is 2.00 e. The minimum absolute atomic E-state index is 0. The molecule has 0 fully saturated rings. The van der Waals surface area contributed by atoms with Crippen molar-refractivity contribution >= 4 is 37.7 Å².